The first-order valence-corrected chi connectivity index (χ1v) is 7.04. The van der Waals surface area contributed by atoms with Crippen molar-refractivity contribution in [3.05, 3.63) is 0 Å². The first kappa shape index (κ1) is 12.4. The van der Waals surface area contributed by atoms with E-state index in [1.807, 2.05) is 0 Å². The predicted molar refractivity (Wildman–Crippen MR) is 67.3 cm³/mol. The summed E-state index contributed by atoms with van der Waals surface area (Å²) < 4.78 is 6.26. The van der Waals surface area contributed by atoms with Gasteiger partial charge < -0.3 is 10.5 Å². The molecule has 4 atom stereocenters. The minimum atomic E-state index is 0.386. The van der Waals surface area contributed by atoms with E-state index in [0.29, 0.717) is 18.2 Å². The maximum atomic E-state index is 6.26. The summed E-state index contributed by atoms with van der Waals surface area (Å²) in [5.74, 6) is 1.68. The van der Waals surface area contributed by atoms with E-state index in [9.17, 15) is 0 Å². The highest BCUT2D eigenvalue weighted by atomic mass is 16.5. The van der Waals surface area contributed by atoms with Crippen molar-refractivity contribution < 1.29 is 4.74 Å². The second-order valence-corrected chi connectivity index (χ2v) is 6.22. The molecular weight excluding hydrogens is 198 g/mol. The van der Waals surface area contributed by atoms with E-state index >= 15 is 0 Å². The van der Waals surface area contributed by atoms with Crippen molar-refractivity contribution in [2.45, 2.75) is 77.0 Å². The summed E-state index contributed by atoms with van der Waals surface area (Å²) >= 11 is 0. The monoisotopic (exact) mass is 225 g/mol. The lowest BCUT2D eigenvalue weighted by molar-refractivity contribution is -0.0641. The van der Waals surface area contributed by atoms with Crippen LogP contribution in [-0.2, 0) is 4.74 Å². The lowest BCUT2D eigenvalue weighted by Gasteiger charge is -2.36. The van der Waals surface area contributed by atoms with Crippen molar-refractivity contribution in [3.63, 3.8) is 0 Å². The zero-order valence-corrected chi connectivity index (χ0v) is 10.8. The zero-order chi connectivity index (χ0) is 11.5. The molecule has 0 saturated heterocycles. The maximum absolute atomic E-state index is 6.26. The summed E-state index contributed by atoms with van der Waals surface area (Å²) in [5, 5.41) is 0. The Morgan fingerprint density at radius 1 is 0.875 bits per heavy atom. The lowest BCUT2D eigenvalue weighted by atomic mass is 9.81. The van der Waals surface area contributed by atoms with Gasteiger partial charge in [-0.15, -0.1) is 0 Å². The molecule has 2 heteroatoms. The zero-order valence-electron chi connectivity index (χ0n) is 10.8. The summed E-state index contributed by atoms with van der Waals surface area (Å²) in [6.45, 7) is 4.72. The molecule has 0 heterocycles. The second-order valence-electron chi connectivity index (χ2n) is 6.22. The van der Waals surface area contributed by atoms with Crippen LogP contribution in [0.1, 0.15) is 58.8 Å². The average Bonchev–Trinajstić information content (AvgIpc) is 2.15. The van der Waals surface area contributed by atoms with Crippen LogP contribution in [0, 0.1) is 11.8 Å². The molecule has 2 N–H and O–H groups in total. The van der Waals surface area contributed by atoms with Crippen LogP contribution in [0.4, 0.5) is 0 Å². The van der Waals surface area contributed by atoms with E-state index in [0.717, 1.165) is 18.3 Å². The molecule has 94 valence electrons. The van der Waals surface area contributed by atoms with Crippen LogP contribution >= 0.6 is 0 Å². The van der Waals surface area contributed by atoms with Gasteiger partial charge in [0.1, 0.15) is 0 Å². The van der Waals surface area contributed by atoms with Crippen molar-refractivity contribution >= 4 is 0 Å². The molecular formula is C14H27NO. The van der Waals surface area contributed by atoms with Gasteiger partial charge in [0.15, 0.2) is 0 Å². The van der Waals surface area contributed by atoms with Gasteiger partial charge in [-0.3, -0.25) is 0 Å². The summed E-state index contributed by atoms with van der Waals surface area (Å²) in [5.41, 5.74) is 6.00. The van der Waals surface area contributed by atoms with Gasteiger partial charge in [0.05, 0.1) is 12.2 Å². The van der Waals surface area contributed by atoms with Crippen molar-refractivity contribution in [3.8, 4) is 0 Å². The fourth-order valence-electron chi connectivity index (χ4n) is 3.56. The van der Waals surface area contributed by atoms with Crippen LogP contribution < -0.4 is 5.73 Å². The van der Waals surface area contributed by atoms with E-state index < -0.39 is 0 Å². The van der Waals surface area contributed by atoms with Gasteiger partial charge in [-0.25, -0.2) is 0 Å². The Morgan fingerprint density at radius 3 is 2.19 bits per heavy atom. The molecule has 0 radical (unpaired) electrons. The van der Waals surface area contributed by atoms with Crippen LogP contribution in [0.2, 0.25) is 0 Å². The molecule has 0 aliphatic heterocycles. The molecule has 0 aromatic carbocycles. The van der Waals surface area contributed by atoms with Crippen molar-refractivity contribution in [1.82, 2.24) is 0 Å². The fourth-order valence-corrected chi connectivity index (χ4v) is 3.56. The molecule has 2 nitrogen and oxygen atoms in total. The number of hydrogen-bond acceptors (Lipinski definition) is 2. The summed E-state index contributed by atoms with van der Waals surface area (Å²) in [4.78, 5) is 0. The molecule has 16 heavy (non-hydrogen) atoms. The van der Waals surface area contributed by atoms with Crippen LogP contribution in [0.25, 0.3) is 0 Å². The molecule has 0 aromatic heterocycles. The molecule has 2 saturated carbocycles. The van der Waals surface area contributed by atoms with Gasteiger partial charge in [-0.2, -0.15) is 0 Å². The third kappa shape index (κ3) is 3.46. The molecule has 2 aliphatic carbocycles. The summed E-state index contributed by atoms with van der Waals surface area (Å²) in [6.07, 6.45) is 9.61. The minimum Gasteiger partial charge on any atom is -0.375 e. The van der Waals surface area contributed by atoms with Crippen LogP contribution in [0.3, 0.4) is 0 Å². The van der Waals surface area contributed by atoms with Crippen LogP contribution in [-0.4, -0.2) is 18.2 Å². The van der Waals surface area contributed by atoms with Gasteiger partial charge in [-0.05, 0) is 56.8 Å². The quantitative estimate of drug-likeness (QED) is 0.783. The number of hydrogen-bond donors (Lipinski definition) is 1. The Hall–Kier alpha value is -0.0800. The highest BCUT2D eigenvalue weighted by Crippen LogP contribution is 2.32. The molecule has 0 amide bonds. The Balaban J connectivity index is 1.79. The molecule has 0 bridgehead atoms. The normalized spacial score (nSPS) is 45.6. The highest BCUT2D eigenvalue weighted by Gasteiger charge is 2.28. The number of ether oxygens (including phenoxy) is 1. The van der Waals surface area contributed by atoms with Gasteiger partial charge >= 0.3 is 0 Å². The van der Waals surface area contributed by atoms with E-state index in [1.165, 1.54) is 38.5 Å². The van der Waals surface area contributed by atoms with E-state index in [-0.39, 0.29) is 0 Å². The van der Waals surface area contributed by atoms with Crippen LogP contribution in [0.15, 0.2) is 0 Å². The second kappa shape index (κ2) is 5.50. The molecule has 2 rings (SSSR count). The Morgan fingerprint density at radius 2 is 1.56 bits per heavy atom. The van der Waals surface area contributed by atoms with Crippen molar-refractivity contribution in [1.29, 1.82) is 0 Å². The predicted octanol–water partition coefficient (Wildman–Crippen LogP) is 3.10. The summed E-state index contributed by atoms with van der Waals surface area (Å²) in [6, 6.07) is 0.386. The van der Waals surface area contributed by atoms with Gasteiger partial charge in [-0.1, -0.05) is 13.8 Å². The van der Waals surface area contributed by atoms with E-state index in [4.69, 9.17) is 10.5 Å². The maximum Gasteiger partial charge on any atom is 0.0593 e. The average molecular weight is 225 g/mol. The lowest BCUT2D eigenvalue weighted by Crippen LogP contribution is -2.36. The SMILES string of the molecule is CC1CC(C)CC(OC2CCCC(N)C2)C1. The van der Waals surface area contributed by atoms with Gasteiger partial charge in [0, 0.05) is 6.04 Å². The number of nitrogens with two attached hydrogens (primary N) is 1. The Bertz CT molecular complexity index is 209. The fraction of sp³-hybridized carbons (Fsp3) is 1.00. The van der Waals surface area contributed by atoms with Gasteiger partial charge in [0.25, 0.3) is 0 Å². The molecule has 4 unspecified atom stereocenters. The first-order valence-electron chi connectivity index (χ1n) is 7.04. The molecule has 0 aromatic rings. The molecule has 0 spiro atoms. The topological polar surface area (TPSA) is 35.2 Å². The third-order valence-electron chi connectivity index (χ3n) is 4.19. The van der Waals surface area contributed by atoms with E-state index in [1.54, 1.807) is 0 Å². The summed E-state index contributed by atoms with van der Waals surface area (Å²) in [7, 11) is 0. The smallest absolute Gasteiger partial charge is 0.0593 e. The van der Waals surface area contributed by atoms with E-state index in [2.05, 4.69) is 13.8 Å². The number of rotatable bonds is 2. The van der Waals surface area contributed by atoms with Crippen molar-refractivity contribution in [2.24, 2.45) is 17.6 Å². The minimum absolute atomic E-state index is 0.386. The molecule has 2 fully saturated rings. The molecule has 2 aliphatic rings. The van der Waals surface area contributed by atoms with Crippen LogP contribution in [0.5, 0.6) is 0 Å². The Kier molecular flexibility index (Phi) is 4.26. The third-order valence-corrected chi connectivity index (χ3v) is 4.19. The standard InChI is InChI=1S/C14H27NO/c1-10-6-11(2)8-14(7-10)16-13-5-3-4-12(15)9-13/h10-14H,3-9,15H2,1-2H3. The largest absolute Gasteiger partial charge is 0.375 e. The highest BCUT2D eigenvalue weighted by molar-refractivity contribution is 4.80. The first-order chi connectivity index (χ1) is 7.63. The van der Waals surface area contributed by atoms with Crippen molar-refractivity contribution in [2.75, 3.05) is 0 Å². The Labute approximate surface area is 99.9 Å². The van der Waals surface area contributed by atoms with Gasteiger partial charge in [0.2, 0.25) is 0 Å².